The second-order valence-electron chi connectivity index (χ2n) is 7.08. The van der Waals surface area contributed by atoms with Crippen molar-refractivity contribution in [1.82, 2.24) is 10.4 Å². The van der Waals surface area contributed by atoms with Crippen molar-refractivity contribution in [2.24, 2.45) is 5.92 Å². The largest absolute Gasteiger partial charge is 0.497 e. The lowest BCUT2D eigenvalue weighted by molar-refractivity contribution is -0.132. The quantitative estimate of drug-likeness (QED) is 0.340. The zero-order chi connectivity index (χ0) is 22.6. The summed E-state index contributed by atoms with van der Waals surface area (Å²) in [7, 11) is -2.37. The van der Waals surface area contributed by atoms with Gasteiger partial charge < -0.3 is 4.74 Å². The number of benzene rings is 2. The van der Waals surface area contributed by atoms with Gasteiger partial charge >= 0.3 is 0 Å². The number of rotatable bonds is 9. The maximum atomic E-state index is 12.7. The highest BCUT2D eigenvalue weighted by Crippen LogP contribution is 2.24. The molecule has 10 heteroatoms. The van der Waals surface area contributed by atoms with Gasteiger partial charge in [0.15, 0.2) is 9.84 Å². The Bertz CT molecular complexity index is 1060. The molecule has 3 amide bonds. The third-order valence-electron chi connectivity index (χ3n) is 5.13. The molecule has 164 valence electrons. The Hall–Kier alpha value is -3.24. The molecule has 1 unspecified atom stereocenters. The minimum Gasteiger partial charge on any atom is -0.497 e. The molecular weight excluding hydrogens is 424 g/mol. The summed E-state index contributed by atoms with van der Waals surface area (Å²) in [6.07, 6.45) is 0.247. The normalized spacial score (nSPS) is 14.3. The number of carbonyl (C=O) groups is 3. The lowest BCUT2D eigenvalue weighted by atomic mass is 10.0. The van der Waals surface area contributed by atoms with E-state index in [1.54, 1.807) is 24.3 Å². The Balaban J connectivity index is 1.66. The highest BCUT2D eigenvalue weighted by atomic mass is 32.2. The lowest BCUT2D eigenvalue weighted by Gasteiger charge is -2.18. The zero-order valence-electron chi connectivity index (χ0n) is 16.8. The van der Waals surface area contributed by atoms with E-state index in [9.17, 15) is 22.8 Å². The third kappa shape index (κ3) is 4.75. The number of nitrogens with one attached hydrogen (secondary N) is 1. The number of hydroxylamine groups is 1. The number of hydrogen-bond acceptors (Lipinski definition) is 7. The number of imide groups is 1. The van der Waals surface area contributed by atoms with Gasteiger partial charge in [0, 0.05) is 6.54 Å². The van der Waals surface area contributed by atoms with Gasteiger partial charge in [-0.25, -0.2) is 13.9 Å². The Labute approximate surface area is 179 Å². The van der Waals surface area contributed by atoms with Crippen molar-refractivity contribution >= 4 is 27.6 Å². The molecule has 0 spiro atoms. The van der Waals surface area contributed by atoms with Crippen LogP contribution in [0.3, 0.4) is 0 Å². The van der Waals surface area contributed by atoms with Crippen LogP contribution in [-0.2, 0) is 14.6 Å². The molecule has 1 atom stereocenters. The van der Waals surface area contributed by atoms with E-state index in [1.165, 1.54) is 36.9 Å². The molecule has 31 heavy (non-hydrogen) atoms. The van der Waals surface area contributed by atoms with Gasteiger partial charge in [0.05, 0.1) is 34.8 Å². The van der Waals surface area contributed by atoms with Crippen LogP contribution >= 0.6 is 0 Å². The number of sulfone groups is 1. The Morgan fingerprint density at radius 3 is 2.16 bits per heavy atom. The second-order valence-corrected chi connectivity index (χ2v) is 9.11. The fraction of sp³-hybridized carbons (Fsp3) is 0.286. The summed E-state index contributed by atoms with van der Waals surface area (Å²) in [6, 6.07) is 12.2. The number of amides is 3. The molecule has 0 radical (unpaired) electrons. The van der Waals surface area contributed by atoms with Crippen LogP contribution in [0.4, 0.5) is 0 Å². The number of hydrogen-bond donors (Lipinski definition) is 2. The molecule has 0 fully saturated rings. The van der Waals surface area contributed by atoms with Gasteiger partial charge in [-0.3, -0.25) is 24.5 Å². The van der Waals surface area contributed by atoms with Gasteiger partial charge in [-0.2, -0.15) is 0 Å². The first-order valence-corrected chi connectivity index (χ1v) is 11.2. The minimum absolute atomic E-state index is 0.0180. The topological polar surface area (TPSA) is 130 Å². The number of ether oxygens (including phenoxy) is 1. The Morgan fingerprint density at radius 2 is 1.65 bits per heavy atom. The first-order valence-electron chi connectivity index (χ1n) is 9.54. The smallest absolute Gasteiger partial charge is 0.261 e. The van der Waals surface area contributed by atoms with Crippen molar-refractivity contribution < 1.29 is 32.7 Å². The number of nitrogens with zero attached hydrogens (tertiary/aromatic N) is 1. The molecule has 2 N–H and O–H groups in total. The maximum Gasteiger partial charge on any atom is 0.261 e. The molecule has 0 aromatic heterocycles. The van der Waals surface area contributed by atoms with Crippen molar-refractivity contribution in [2.45, 2.75) is 17.7 Å². The lowest BCUT2D eigenvalue weighted by Crippen LogP contribution is -2.35. The summed E-state index contributed by atoms with van der Waals surface area (Å²) in [5.41, 5.74) is 2.13. The molecule has 2 aromatic carbocycles. The summed E-state index contributed by atoms with van der Waals surface area (Å²) in [4.78, 5) is 38.0. The predicted molar refractivity (Wildman–Crippen MR) is 110 cm³/mol. The van der Waals surface area contributed by atoms with E-state index >= 15 is 0 Å². The van der Waals surface area contributed by atoms with Gasteiger partial charge in [0.2, 0.25) is 5.91 Å². The van der Waals surface area contributed by atoms with Gasteiger partial charge in [0.25, 0.3) is 11.8 Å². The van der Waals surface area contributed by atoms with E-state index in [2.05, 4.69) is 0 Å². The van der Waals surface area contributed by atoms with E-state index in [0.717, 1.165) is 4.90 Å². The van der Waals surface area contributed by atoms with Crippen molar-refractivity contribution in [3.63, 3.8) is 0 Å². The molecule has 9 nitrogen and oxygen atoms in total. The minimum atomic E-state index is -3.83. The van der Waals surface area contributed by atoms with Gasteiger partial charge in [-0.15, -0.1) is 0 Å². The van der Waals surface area contributed by atoms with Crippen molar-refractivity contribution in [1.29, 1.82) is 0 Å². The van der Waals surface area contributed by atoms with E-state index in [0.29, 0.717) is 16.9 Å². The van der Waals surface area contributed by atoms with Crippen LogP contribution in [0.2, 0.25) is 0 Å². The molecule has 0 aliphatic carbocycles. The van der Waals surface area contributed by atoms with E-state index in [1.807, 2.05) is 0 Å². The number of methoxy groups -OCH3 is 1. The fourth-order valence-electron chi connectivity index (χ4n) is 3.46. The molecule has 0 saturated carbocycles. The summed E-state index contributed by atoms with van der Waals surface area (Å²) < 4.78 is 30.4. The highest BCUT2D eigenvalue weighted by Gasteiger charge is 2.35. The summed E-state index contributed by atoms with van der Waals surface area (Å²) in [5.74, 6) is -2.80. The van der Waals surface area contributed by atoms with Crippen LogP contribution in [0, 0.1) is 5.92 Å². The monoisotopic (exact) mass is 446 g/mol. The number of carbonyl (C=O) groups excluding carboxylic acids is 3. The van der Waals surface area contributed by atoms with Crippen LogP contribution in [0.5, 0.6) is 5.75 Å². The average molecular weight is 446 g/mol. The third-order valence-corrected chi connectivity index (χ3v) is 6.96. The molecule has 2 aromatic rings. The van der Waals surface area contributed by atoms with Crippen molar-refractivity contribution in [3.8, 4) is 5.75 Å². The summed E-state index contributed by atoms with van der Waals surface area (Å²) >= 11 is 0. The fourth-order valence-corrected chi connectivity index (χ4v) is 5.05. The standard InChI is InChI=1S/C21H22N2O7S/c1-30-15-8-10-16(11-9-15)31(28,29)13-14(19(24)22-27)5-4-12-23-20(25)17-6-2-3-7-18(17)21(23)26/h2-3,6-11,14,27H,4-5,12-13H2,1H3,(H,22,24). The van der Waals surface area contributed by atoms with Crippen molar-refractivity contribution in [3.05, 3.63) is 59.7 Å². The Kier molecular flexibility index (Phi) is 6.71. The molecule has 0 saturated heterocycles. The highest BCUT2D eigenvalue weighted by molar-refractivity contribution is 7.91. The van der Waals surface area contributed by atoms with Gasteiger partial charge in [-0.05, 0) is 49.2 Å². The summed E-state index contributed by atoms with van der Waals surface area (Å²) in [6.45, 7) is 0.0319. The van der Waals surface area contributed by atoms with E-state index < -0.39 is 39.2 Å². The second kappa shape index (κ2) is 9.27. The maximum absolute atomic E-state index is 12.7. The van der Waals surface area contributed by atoms with Gasteiger partial charge in [-0.1, -0.05) is 12.1 Å². The summed E-state index contributed by atoms with van der Waals surface area (Å²) in [5, 5.41) is 9.02. The first-order chi connectivity index (χ1) is 14.8. The van der Waals surface area contributed by atoms with Crippen LogP contribution in [0.25, 0.3) is 0 Å². The first kappa shape index (κ1) is 22.4. The zero-order valence-corrected chi connectivity index (χ0v) is 17.6. The average Bonchev–Trinajstić information content (AvgIpc) is 3.02. The van der Waals surface area contributed by atoms with Crippen molar-refractivity contribution in [2.75, 3.05) is 19.4 Å². The molecule has 3 rings (SSSR count). The van der Waals surface area contributed by atoms with Crippen LogP contribution < -0.4 is 10.2 Å². The molecule has 0 bridgehead atoms. The van der Waals surface area contributed by atoms with Crippen LogP contribution in [0.15, 0.2) is 53.4 Å². The van der Waals surface area contributed by atoms with Crippen LogP contribution in [-0.4, -0.2) is 55.7 Å². The molecule has 1 aliphatic heterocycles. The molecule has 1 heterocycles. The SMILES string of the molecule is COc1ccc(S(=O)(=O)CC(CCCN2C(=O)c3ccccc3C2=O)C(=O)NO)cc1. The molecule has 1 aliphatic rings. The van der Waals surface area contributed by atoms with Crippen LogP contribution in [0.1, 0.15) is 33.6 Å². The van der Waals surface area contributed by atoms with E-state index in [4.69, 9.17) is 9.94 Å². The predicted octanol–water partition coefficient (Wildman–Crippen LogP) is 1.67. The Morgan fingerprint density at radius 1 is 1.06 bits per heavy atom. The van der Waals surface area contributed by atoms with Gasteiger partial charge in [0.1, 0.15) is 5.75 Å². The molecular formula is C21H22N2O7S. The van der Waals surface area contributed by atoms with E-state index in [-0.39, 0.29) is 24.3 Å². The number of fused-ring (bicyclic) bond motifs is 1.